The first kappa shape index (κ1) is 12.3. The van der Waals surface area contributed by atoms with Gasteiger partial charge in [0.1, 0.15) is 0 Å². The van der Waals surface area contributed by atoms with Crippen molar-refractivity contribution in [2.24, 2.45) is 0 Å². The topological polar surface area (TPSA) is 60.0 Å². The van der Waals surface area contributed by atoms with Gasteiger partial charge in [-0.2, -0.15) is 10.1 Å². The van der Waals surface area contributed by atoms with Gasteiger partial charge in [0, 0.05) is 25.7 Å². The first-order valence-electron chi connectivity index (χ1n) is 6.75. The largest absolute Gasteiger partial charge is 0.332 e. The van der Waals surface area contributed by atoms with Gasteiger partial charge < -0.3 is 4.52 Å². The molecule has 0 N–H and O–H groups in total. The van der Waals surface area contributed by atoms with Crippen molar-refractivity contribution >= 4 is 0 Å². The lowest BCUT2D eigenvalue weighted by molar-refractivity contribution is 0.216. The van der Waals surface area contributed by atoms with Gasteiger partial charge in [-0.15, -0.1) is 0 Å². The highest BCUT2D eigenvalue weighted by Crippen LogP contribution is 2.21. The van der Waals surface area contributed by atoms with E-state index in [1.165, 1.54) is 5.69 Å². The minimum atomic E-state index is 0.508. The monoisotopic (exact) mass is 261 g/mol. The van der Waals surface area contributed by atoms with E-state index in [0.29, 0.717) is 17.8 Å². The molecule has 0 radical (unpaired) electrons. The maximum absolute atomic E-state index is 5.18. The van der Waals surface area contributed by atoms with E-state index < -0.39 is 0 Å². The predicted molar refractivity (Wildman–Crippen MR) is 70.4 cm³/mol. The van der Waals surface area contributed by atoms with Crippen LogP contribution in [-0.4, -0.2) is 37.4 Å². The standard InChI is InChI=1S/C13H19N5O/c1-9(2)17-5-4-6-18-11(8-17)7-12(15-18)13-14-10(3)16-19-13/h7,9H,4-6,8H2,1-3H3. The normalized spacial score (nSPS) is 16.6. The lowest BCUT2D eigenvalue weighted by Crippen LogP contribution is -2.30. The van der Waals surface area contributed by atoms with Gasteiger partial charge in [-0.05, 0) is 33.3 Å². The van der Waals surface area contributed by atoms with Crippen LogP contribution in [-0.2, 0) is 13.1 Å². The third kappa shape index (κ3) is 2.40. The van der Waals surface area contributed by atoms with Crippen LogP contribution >= 0.6 is 0 Å². The van der Waals surface area contributed by atoms with Crippen LogP contribution in [0.2, 0.25) is 0 Å². The van der Waals surface area contributed by atoms with E-state index >= 15 is 0 Å². The Bertz CT molecular complexity index is 571. The fourth-order valence-corrected chi connectivity index (χ4v) is 2.43. The molecule has 0 saturated carbocycles. The zero-order valence-electron chi connectivity index (χ0n) is 11.6. The minimum absolute atomic E-state index is 0.508. The Morgan fingerprint density at radius 2 is 2.16 bits per heavy atom. The highest BCUT2D eigenvalue weighted by molar-refractivity contribution is 5.47. The second-order valence-electron chi connectivity index (χ2n) is 5.31. The molecule has 6 nitrogen and oxygen atoms in total. The molecule has 0 saturated heterocycles. The number of aryl methyl sites for hydroxylation is 2. The van der Waals surface area contributed by atoms with E-state index in [0.717, 1.165) is 31.7 Å². The van der Waals surface area contributed by atoms with Gasteiger partial charge in [-0.25, -0.2) is 0 Å². The van der Waals surface area contributed by atoms with Gasteiger partial charge in [-0.3, -0.25) is 9.58 Å². The van der Waals surface area contributed by atoms with Crippen LogP contribution in [0.25, 0.3) is 11.6 Å². The molecule has 3 heterocycles. The zero-order valence-corrected chi connectivity index (χ0v) is 11.6. The molecule has 0 aromatic carbocycles. The van der Waals surface area contributed by atoms with Crippen molar-refractivity contribution in [1.29, 1.82) is 0 Å². The summed E-state index contributed by atoms with van der Waals surface area (Å²) in [6.45, 7) is 9.27. The molecule has 6 heteroatoms. The van der Waals surface area contributed by atoms with E-state index in [9.17, 15) is 0 Å². The average molecular weight is 261 g/mol. The van der Waals surface area contributed by atoms with E-state index in [4.69, 9.17) is 4.52 Å². The third-order valence-electron chi connectivity index (χ3n) is 3.52. The highest BCUT2D eigenvalue weighted by Gasteiger charge is 2.20. The van der Waals surface area contributed by atoms with Crippen LogP contribution < -0.4 is 0 Å². The van der Waals surface area contributed by atoms with E-state index in [-0.39, 0.29) is 0 Å². The van der Waals surface area contributed by atoms with Gasteiger partial charge in [-0.1, -0.05) is 5.16 Å². The molecule has 0 bridgehead atoms. The molecule has 0 spiro atoms. The lowest BCUT2D eigenvalue weighted by atomic mass is 10.2. The van der Waals surface area contributed by atoms with Crippen LogP contribution in [0.5, 0.6) is 0 Å². The first-order chi connectivity index (χ1) is 9.13. The van der Waals surface area contributed by atoms with Crippen LogP contribution in [0, 0.1) is 6.92 Å². The third-order valence-corrected chi connectivity index (χ3v) is 3.52. The van der Waals surface area contributed by atoms with Gasteiger partial charge in [0.2, 0.25) is 0 Å². The summed E-state index contributed by atoms with van der Waals surface area (Å²) in [4.78, 5) is 6.70. The van der Waals surface area contributed by atoms with Crippen LogP contribution in [0.15, 0.2) is 10.6 Å². The van der Waals surface area contributed by atoms with Crippen molar-refractivity contribution in [3.05, 3.63) is 17.6 Å². The van der Waals surface area contributed by atoms with Crippen LogP contribution in [0.4, 0.5) is 0 Å². The summed E-state index contributed by atoms with van der Waals surface area (Å²) >= 11 is 0. The molecular formula is C13H19N5O. The number of hydrogen-bond acceptors (Lipinski definition) is 5. The Morgan fingerprint density at radius 3 is 2.84 bits per heavy atom. The van der Waals surface area contributed by atoms with Gasteiger partial charge in [0.25, 0.3) is 5.89 Å². The maximum atomic E-state index is 5.18. The second kappa shape index (κ2) is 4.77. The first-order valence-corrected chi connectivity index (χ1v) is 6.75. The van der Waals surface area contributed by atoms with E-state index in [1.54, 1.807) is 0 Å². The number of aromatic nitrogens is 4. The quantitative estimate of drug-likeness (QED) is 0.825. The van der Waals surface area contributed by atoms with Crippen molar-refractivity contribution in [3.8, 4) is 11.6 Å². The number of hydrogen-bond donors (Lipinski definition) is 0. The SMILES string of the molecule is Cc1noc(-c2cc3n(n2)CCCN(C(C)C)C3)n1. The van der Waals surface area contributed by atoms with E-state index in [1.807, 2.05) is 6.92 Å². The van der Waals surface area contributed by atoms with Crippen LogP contribution in [0.1, 0.15) is 31.8 Å². The molecule has 2 aromatic rings. The van der Waals surface area contributed by atoms with Crippen LogP contribution in [0.3, 0.4) is 0 Å². The van der Waals surface area contributed by atoms with Gasteiger partial charge >= 0.3 is 0 Å². The fourth-order valence-electron chi connectivity index (χ4n) is 2.43. The Morgan fingerprint density at radius 1 is 1.32 bits per heavy atom. The summed E-state index contributed by atoms with van der Waals surface area (Å²) in [5, 5.41) is 8.40. The number of nitrogens with zero attached hydrogens (tertiary/aromatic N) is 5. The number of rotatable bonds is 2. The van der Waals surface area contributed by atoms with Crippen molar-refractivity contribution in [3.63, 3.8) is 0 Å². The molecule has 1 aliphatic rings. The van der Waals surface area contributed by atoms with Crippen molar-refractivity contribution < 1.29 is 4.52 Å². The molecule has 2 aromatic heterocycles. The molecule has 0 amide bonds. The summed E-state index contributed by atoms with van der Waals surface area (Å²) in [5.74, 6) is 1.15. The maximum Gasteiger partial charge on any atom is 0.278 e. The van der Waals surface area contributed by atoms with Crippen molar-refractivity contribution in [2.75, 3.05) is 6.54 Å². The Balaban J connectivity index is 1.90. The highest BCUT2D eigenvalue weighted by atomic mass is 16.5. The molecular weight excluding hydrogens is 242 g/mol. The molecule has 0 atom stereocenters. The summed E-state index contributed by atoms with van der Waals surface area (Å²) in [5.41, 5.74) is 2.00. The molecule has 1 aliphatic heterocycles. The zero-order chi connectivity index (χ0) is 13.4. The summed E-state index contributed by atoms with van der Waals surface area (Å²) in [6.07, 6.45) is 1.12. The van der Waals surface area contributed by atoms with E-state index in [2.05, 4.69) is 44.7 Å². The molecule has 0 aliphatic carbocycles. The van der Waals surface area contributed by atoms with Gasteiger partial charge in [0.15, 0.2) is 11.5 Å². The summed E-state index contributed by atoms with van der Waals surface area (Å²) in [6, 6.07) is 2.61. The second-order valence-corrected chi connectivity index (χ2v) is 5.31. The Labute approximate surface area is 112 Å². The fraction of sp³-hybridized carbons (Fsp3) is 0.615. The Hall–Kier alpha value is -1.69. The molecule has 0 unspecified atom stereocenters. The predicted octanol–water partition coefficient (Wildman–Crippen LogP) is 1.86. The molecule has 0 fully saturated rings. The van der Waals surface area contributed by atoms with Gasteiger partial charge in [0.05, 0.1) is 5.69 Å². The molecule has 19 heavy (non-hydrogen) atoms. The van der Waals surface area contributed by atoms with Crippen molar-refractivity contribution in [2.45, 2.75) is 46.3 Å². The van der Waals surface area contributed by atoms with Crippen molar-refractivity contribution in [1.82, 2.24) is 24.8 Å². The molecule has 102 valence electrons. The summed E-state index contributed by atoms with van der Waals surface area (Å²) in [7, 11) is 0. The Kier molecular flexibility index (Phi) is 3.10. The average Bonchev–Trinajstić information content (AvgIpc) is 2.90. The molecule has 3 rings (SSSR count). The lowest BCUT2D eigenvalue weighted by Gasteiger charge is -2.23. The summed E-state index contributed by atoms with van der Waals surface area (Å²) < 4.78 is 7.25. The minimum Gasteiger partial charge on any atom is -0.332 e. The number of fused-ring (bicyclic) bond motifs is 1. The smallest absolute Gasteiger partial charge is 0.278 e.